The van der Waals surface area contributed by atoms with Crippen LogP contribution in [-0.4, -0.2) is 55.0 Å². The molecule has 0 radical (unpaired) electrons. The van der Waals surface area contributed by atoms with Gasteiger partial charge in [-0.15, -0.1) is 0 Å². The lowest BCUT2D eigenvalue weighted by molar-refractivity contribution is 0.0777. The van der Waals surface area contributed by atoms with Gasteiger partial charge in [0, 0.05) is 24.8 Å². The summed E-state index contributed by atoms with van der Waals surface area (Å²) in [4.78, 5) is 17.2. The lowest BCUT2D eigenvalue weighted by Crippen LogP contribution is -2.37. The predicted molar refractivity (Wildman–Crippen MR) is 82.5 cm³/mol. The molecule has 5 heteroatoms. The standard InChI is InChI=1S/C16H23N3O2/c1-21-15-5-4-12(17)10-14(15)16(20)19-9-6-13(11-19)18-7-2-3-8-18/h4-5,10,13H,2-3,6-9,11,17H2,1H3. The maximum atomic E-state index is 12.7. The Balaban J connectivity index is 1.72. The van der Waals surface area contributed by atoms with E-state index in [4.69, 9.17) is 10.5 Å². The number of carbonyl (C=O) groups excluding carboxylic acids is 1. The van der Waals surface area contributed by atoms with Gasteiger partial charge in [-0.3, -0.25) is 9.69 Å². The Labute approximate surface area is 125 Å². The van der Waals surface area contributed by atoms with Crippen LogP contribution in [0.5, 0.6) is 5.75 Å². The van der Waals surface area contributed by atoms with Crippen molar-refractivity contribution in [2.45, 2.75) is 25.3 Å². The molecule has 2 fully saturated rings. The van der Waals surface area contributed by atoms with Crippen LogP contribution < -0.4 is 10.5 Å². The van der Waals surface area contributed by atoms with Crippen molar-refractivity contribution in [1.82, 2.24) is 9.80 Å². The van der Waals surface area contributed by atoms with E-state index in [1.807, 2.05) is 4.90 Å². The van der Waals surface area contributed by atoms with Crippen molar-refractivity contribution >= 4 is 11.6 Å². The summed E-state index contributed by atoms with van der Waals surface area (Å²) in [6, 6.07) is 5.75. The summed E-state index contributed by atoms with van der Waals surface area (Å²) >= 11 is 0. The van der Waals surface area contributed by atoms with Gasteiger partial charge in [-0.2, -0.15) is 0 Å². The van der Waals surface area contributed by atoms with Crippen LogP contribution in [0.4, 0.5) is 5.69 Å². The zero-order valence-corrected chi connectivity index (χ0v) is 12.5. The normalized spacial score (nSPS) is 22.7. The second-order valence-corrected chi connectivity index (χ2v) is 5.90. The van der Waals surface area contributed by atoms with Crippen LogP contribution in [0, 0.1) is 0 Å². The number of likely N-dealkylation sites (tertiary alicyclic amines) is 2. The highest BCUT2D eigenvalue weighted by Crippen LogP contribution is 2.26. The van der Waals surface area contributed by atoms with Gasteiger partial charge < -0.3 is 15.4 Å². The predicted octanol–water partition coefficient (Wildman–Crippen LogP) is 1.59. The Morgan fingerprint density at radius 2 is 2.05 bits per heavy atom. The van der Waals surface area contributed by atoms with Gasteiger partial charge in [0.25, 0.3) is 5.91 Å². The highest BCUT2D eigenvalue weighted by atomic mass is 16.5. The molecule has 0 aliphatic carbocycles. The summed E-state index contributed by atoms with van der Waals surface area (Å²) in [5, 5.41) is 0. The Hall–Kier alpha value is -1.75. The van der Waals surface area contributed by atoms with Gasteiger partial charge in [-0.1, -0.05) is 0 Å². The summed E-state index contributed by atoms with van der Waals surface area (Å²) in [7, 11) is 1.58. The highest BCUT2D eigenvalue weighted by Gasteiger charge is 2.32. The van der Waals surface area contributed by atoms with Gasteiger partial charge in [0.05, 0.1) is 12.7 Å². The van der Waals surface area contributed by atoms with Crippen molar-refractivity contribution in [3.05, 3.63) is 23.8 Å². The van der Waals surface area contributed by atoms with Gasteiger partial charge >= 0.3 is 0 Å². The second-order valence-electron chi connectivity index (χ2n) is 5.90. The van der Waals surface area contributed by atoms with Crippen LogP contribution in [0.15, 0.2) is 18.2 Å². The summed E-state index contributed by atoms with van der Waals surface area (Å²) < 4.78 is 5.29. The van der Waals surface area contributed by atoms with E-state index in [1.165, 1.54) is 25.9 Å². The molecule has 1 atom stereocenters. The number of rotatable bonds is 3. The fraction of sp³-hybridized carbons (Fsp3) is 0.562. The van der Waals surface area contributed by atoms with Crippen molar-refractivity contribution in [1.29, 1.82) is 0 Å². The Bertz CT molecular complexity index is 526. The molecule has 1 aromatic carbocycles. The zero-order valence-electron chi connectivity index (χ0n) is 12.5. The molecule has 2 heterocycles. The van der Waals surface area contributed by atoms with E-state index in [1.54, 1.807) is 25.3 Å². The van der Waals surface area contributed by atoms with Crippen molar-refractivity contribution in [2.75, 3.05) is 39.0 Å². The Kier molecular flexibility index (Phi) is 4.01. The number of hydrogen-bond acceptors (Lipinski definition) is 4. The zero-order chi connectivity index (χ0) is 14.8. The van der Waals surface area contributed by atoms with E-state index in [0.717, 1.165) is 19.5 Å². The van der Waals surface area contributed by atoms with Crippen molar-refractivity contribution in [2.24, 2.45) is 0 Å². The molecule has 0 aromatic heterocycles. The molecular formula is C16H23N3O2. The van der Waals surface area contributed by atoms with E-state index in [0.29, 0.717) is 23.0 Å². The fourth-order valence-corrected chi connectivity index (χ4v) is 3.39. The number of amides is 1. The highest BCUT2D eigenvalue weighted by molar-refractivity contribution is 5.98. The molecule has 3 rings (SSSR count). The lowest BCUT2D eigenvalue weighted by Gasteiger charge is -2.24. The molecule has 0 spiro atoms. The third kappa shape index (κ3) is 2.83. The van der Waals surface area contributed by atoms with Crippen LogP contribution in [0.2, 0.25) is 0 Å². The summed E-state index contributed by atoms with van der Waals surface area (Å²) in [6.07, 6.45) is 3.64. The largest absolute Gasteiger partial charge is 0.496 e. The molecule has 0 bridgehead atoms. The van der Waals surface area contributed by atoms with Crippen LogP contribution in [0.25, 0.3) is 0 Å². The van der Waals surface area contributed by atoms with E-state index in [9.17, 15) is 4.79 Å². The molecule has 2 N–H and O–H groups in total. The van der Waals surface area contributed by atoms with Crippen LogP contribution in [-0.2, 0) is 0 Å². The number of nitrogens with two attached hydrogens (primary N) is 1. The number of nitrogen functional groups attached to an aromatic ring is 1. The van der Waals surface area contributed by atoms with E-state index < -0.39 is 0 Å². The number of methoxy groups -OCH3 is 1. The second kappa shape index (κ2) is 5.93. The molecule has 1 unspecified atom stereocenters. The fourth-order valence-electron chi connectivity index (χ4n) is 3.39. The van der Waals surface area contributed by atoms with Gasteiger partial charge in [0.2, 0.25) is 0 Å². The van der Waals surface area contributed by atoms with Gasteiger partial charge in [0.1, 0.15) is 5.75 Å². The van der Waals surface area contributed by atoms with E-state index in [-0.39, 0.29) is 5.91 Å². The molecule has 21 heavy (non-hydrogen) atoms. The van der Waals surface area contributed by atoms with E-state index >= 15 is 0 Å². The Morgan fingerprint density at radius 3 is 2.76 bits per heavy atom. The average Bonchev–Trinajstić information content (AvgIpc) is 3.17. The minimum Gasteiger partial charge on any atom is -0.496 e. The van der Waals surface area contributed by atoms with Gasteiger partial charge in [0.15, 0.2) is 0 Å². The molecule has 5 nitrogen and oxygen atoms in total. The SMILES string of the molecule is COc1ccc(N)cc1C(=O)N1CCC(N2CCCC2)C1. The molecule has 2 saturated heterocycles. The minimum atomic E-state index is 0.0286. The van der Waals surface area contributed by atoms with Crippen molar-refractivity contribution < 1.29 is 9.53 Å². The first kappa shape index (κ1) is 14.2. The smallest absolute Gasteiger partial charge is 0.257 e. The maximum absolute atomic E-state index is 12.7. The molecular weight excluding hydrogens is 266 g/mol. The number of benzene rings is 1. The maximum Gasteiger partial charge on any atom is 0.257 e. The number of nitrogens with zero attached hydrogens (tertiary/aromatic N) is 2. The van der Waals surface area contributed by atoms with Crippen molar-refractivity contribution in [3.8, 4) is 5.75 Å². The molecule has 114 valence electrons. The molecule has 2 aliphatic rings. The monoisotopic (exact) mass is 289 g/mol. The summed E-state index contributed by atoms with van der Waals surface area (Å²) in [5.41, 5.74) is 6.97. The number of anilines is 1. The third-order valence-electron chi connectivity index (χ3n) is 4.56. The average molecular weight is 289 g/mol. The van der Waals surface area contributed by atoms with Crippen LogP contribution in [0.1, 0.15) is 29.6 Å². The van der Waals surface area contributed by atoms with Gasteiger partial charge in [-0.05, 0) is 50.6 Å². The first-order valence-electron chi connectivity index (χ1n) is 7.66. The summed E-state index contributed by atoms with van der Waals surface area (Å²) in [5.74, 6) is 0.625. The Morgan fingerprint density at radius 1 is 1.29 bits per heavy atom. The number of hydrogen-bond donors (Lipinski definition) is 1. The van der Waals surface area contributed by atoms with Crippen LogP contribution in [0.3, 0.4) is 0 Å². The lowest BCUT2D eigenvalue weighted by atomic mass is 10.1. The molecule has 2 aliphatic heterocycles. The van der Waals surface area contributed by atoms with Gasteiger partial charge in [-0.25, -0.2) is 0 Å². The topological polar surface area (TPSA) is 58.8 Å². The summed E-state index contributed by atoms with van der Waals surface area (Å²) in [6.45, 7) is 3.98. The number of carbonyl (C=O) groups is 1. The quantitative estimate of drug-likeness (QED) is 0.859. The third-order valence-corrected chi connectivity index (χ3v) is 4.56. The minimum absolute atomic E-state index is 0.0286. The first-order chi connectivity index (χ1) is 10.2. The van der Waals surface area contributed by atoms with Crippen LogP contribution >= 0.6 is 0 Å². The molecule has 0 saturated carbocycles. The first-order valence-corrected chi connectivity index (χ1v) is 7.66. The van der Waals surface area contributed by atoms with Crippen molar-refractivity contribution in [3.63, 3.8) is 0 Å². The molecule has 1 amide bonds. The van der Waals surface area contributed by atoms with E-state index in [2.05, 4.69) is 4.90 Å². The molecule has 1 aromatic rings. The number of ether oxygens (including phenoxy) is 1.